The third-order valence-electron chi connectivity index (χ3n) is 2.76. The first-order valence-electron chi connectivity index (χ1n) is 5.81. The van der Waals surface area contributed by atoms with Gasteiger partial charge < -0.3 is 5.73 Å². The average molecular weight is 284 g/mol. The van der Waals surface area contributed by atoms with Crippen molar-refractivity contribution in [3.05, 3.63) is 33.8 Å². The summed E-state index contributed by atoms with van der Waals surface area (Å²) in [5.74, 6) is 0. The van der Waals surface area contributed by atoms with Gasteiger partial charge in [0.05, 0.1) is 0 Å². The molecule has 1 unspecified atom stereocenters. The topological polar surface area (TPSA) is 26.0 Å². The molecule has 0 aromatic heterocycles. The molecule has 90 valence electrons. The number of halogens is 1. The number of hydrogen-bond donors (Lipinski definition) is 1. The maximum absolute atomic E-state index is 6.24. The smallest absolute Gasteiger partial charge is 0.0306 e. The predicted octanol–water partition coefficient (Wildman–Crippen LogP) is 4.58. The average Bonchev–Trinajstić information content (AvgIpc) is 2.17. The van der Waals surface area contributed by atoms with E-state index in [1.54, 1.807) is 0 Å². The van der Waals surface area contributed by atoms with Crippen LogP contribution in [0.2, 0.25) is 0 Å². The zero-order chi connectivity index (χ0) is 12.3. The summed E-state index contributed by atoms with van der Waals surface area (Å²) >= 11 is 3.57. The molecule has 0 heterocycles. The molecule has 0 aliphatic rings. The van der Waals surface area contributed by atoms with Crippen molar-refractivity contribution in [2.75, 3.05) is 0 Å². The minimum atomic E-state index is 0.133. The summed E-state index contributed by atoms with van der Waals surface area (Å²) in [7, 11) is 0. The Labute approximate surface area is 108 Å². The molecule has 0 saturated carbocycles. The molecular weight excluding hydrogens is 262 g/mol. The van der Waals surface area contributed by atoms with Crippen LogP contribution >= 0.6 is 15.9 Å². The molecule has 2 N–H and O–H groups in total. The molecule has 1 nitrogen and oxygen atoms in total. The van der Waals surface area contributed by atoms with Crippen LogP contribution in [0, 0.1) is 12.3 Å². The fraction of sp³-hybridized carbons (Fsp3) is 0.571. The fourth-order valence-corrected chi connectivity index (χ4v) is 2.23. The van der Waals surface area contributed by atoms with E-state index in [1.165, 1.54) is 11.1 Å². The van der Waals surface area contributed by atoms with Crippen LogP contribution in [0.4, 0.5) is 0 Å². The van der Waals surface area contributed by atoms with Gasteiger partial charge in [0.1, 0.15) is 0 Å². The Hall–Kier alpha value is -0.340. The van der Waals surface area contributed by atoms with E-state index in [4.69, 9.17) is 5.73 Å². The molecule has 0 radical (unpaired) electrons. The minimum absolute atomic E-state index is 0.133. The van der Waals surface area contributed by atoms with Crippen molar-refractivity contribution >= 4 is 15.9 Å². The number of rotatable bonds is 3. The van der Waals surface area contributed by atoms with E-state index >= 15 is 0 Å². The largest absolute Gasteiger partial charge is 0.324 e. The SMILES string of the molecule is Cc1ccc(Br)c(C(N)CCC(C)(C)C)c1. The lowest BCUT2D eigenvalue weighted by Gasteiger charge is -2.21. The first-order chi connectivity index (χ1) is 7.29. The van der Waals surface area contributed by atoms with Crippen molar-refractivity contribution in [1.29, 1.82) is 0 Å². The summed E-state index contributed by atoms with van der Waals surface area (Å²) < 4.78 is 1.12. The molecule has 2 heteroatoms. The second-order valence-corrected chi connectivity index (χ2v) is 6.59. The lowest BCUT2D eigenvalue weighted by molar-refractivity contribution is 0.349. The van der Waals surface area contributed by atoms with Crippen LogP contribution in [-0.2, 0) is 0 Å². The Balaban J connectivity index is 2.73. The molecule has 0 amide bonds. The van der Waals surface area contributed by atoms with Gasteiger partial charge in [-0.1, -0.05) is 54.4 Å². The van der Waals surface area contributed by atoms with E-state index in [1.807, 2.05) is 0 Å². The highest BCUT2D eigenvalue weighted by atomic mass is 79.9. The zero-order valence-electron chi connectivity index (χ0n) is 10.7. The van der Waals surface area contributed by atoms with Gasteiger partial charge in [0.15, 0.2) is 0 Å². The van der Waals surface area contributed by atoms with Crippen LogP contribution in [0.25, 0.3) is 0 Å². The van der Waals surface area contributed by atoms with Gasteiger partial charge in [0.2, 0.25) is 0 Å². The predicted molar refractivity (Wildman–Crippen MR) is 74.5 cm³/mol. The third-order valence-corrected chi connectivity index (χ3v) is 3.48. The number of nitrogens with two attached hydrogens (primary N) is 1. The van der Waals surface area contributed by atoms with Crippen LogP contribution in [0.1, 0.15) is 50.8 Å². The van der Waals surface area contributed by atoms with Crippen LogP contribution in [-0.4, -0.2) is 0 Å². The van der Waals surface area contributed by atoms with Gasteiger partial charge in [-0.05, 0) is 36.8 Å². The maximum atomic E-state index is 6.24. The van der Waals surface area contributed by atoms with Gasteiger partial charge in [-0.3, -0.25) is 0 Å². The van der Waals surface area contributed by atoms with Gasteiger partial charge in [-0.25, -0.2) is 0 Å². The molecule has 0 spiro atoms. The van der Waals surface area contributed by atoms with Gasteiger partial charge in [0.25, 0.3) is 0 Å². The minimum Gasteiger partial charge on any atom is -0.324 e. The van der Waals surface area contributed by atoms with E-state index in [2.05, 4.69) is 61.8 Å². The number of hydrogen-bond acceptors (Lipinski definition) is 1. The van der Waals surface area contributed by atoms with E-state index < -0.39 is 0 Å². The second-order valence-electron chi connectivity index (χ2n) is 5.73. The summed E-state index contributed by atoms with van der Waals surface area (Å²) in [5.41, 5.74) is 9.09. The Morgan fingerprint density at radius 1 is 1.31 bits per heavy atom. The van der Waals surface area contributed by atoms with Crippen molar-refractivity contribution in [3.8, 4) is 0 Å². The molecular formula is C14H22BrN. The van der Waals surface area contributed by atoms with Gasteiger partial charge in [-0.15, -0.1) is 0 Å². The van der Waals surface area contributed by atoms with Crippen molar-refractivity contribution in [1.82, 2.24) is 0 Å². The molecule has 0 fully saturated rings. The standard InChI is InChI=1S/C14H22BrN/c1-10-5-6-12(15)11(9-10)13(16)7-8-14(2,3)4/h5-6,9,13H,7-8,16H2,1-4H3. The fourth-order valence-electron chi connectivity index (χ4n) is 1.69. The van der Waals surface area contributed by atoms with Gasteiger partial charge in [-0.2, -0.15) is 0 Å². The van der Waals surface area contributed by atoms with Crippen molar-refractivity contribution in [2.45, 2.75) is 46.6 Å². The summed E-state index contributed by atoms with van der Waals surface area (Å²) in [6, 6.07) is 6.50. The van der Waals surface area contributed by atoms with Crippen molar-refractivity contribution in [3.63, 3.8) is 0 Å². The Bertz CT molecular complexity index is 352. The summed E-state index contributed by atoms with van der Waals surface area (Å²) in [6.45, 7) is 8.87. The quantitative estimate of drug-likeness (QED) is 0.863. The van der Waals surface area contributed by atoms with E-state index in [0.29, 0.717) is 5.41 Å². The molecule has 0 aliphatic carbocycles. The molecule has 1 aromatic rings. The maximum Gasteiger partial charge on any atom is 0.0306 e. The lowest BCUT2D eigenvalue weighted by Crippen LogP contribution is -2.15. The van der Waals surface area contributed by atoms with Gasteiger partial charge in [0, 0.05) is 10.5 Å². The first kappa shape index (κ1) is 13.7. The van der Waals surface area contributed by atoms with Crippen LogP contribution in [0.15, 0.2) is 22.7 Å². The van der Waals surface area contributed by atoms with E-state index in [9.17, 15) is 0 Å². The van der Waals surface area contributed by atoms with Crippen molar-refractivity contribution < 1.29 is 0 Å². The zero-order valence-corrected chi connectivity index (χ0v) is 12.3. The Morgan fingerprint density at radius 3 is 2.50 bits per heavy atom. The molecule has 0 bridgehead atoms. The van der Waals surface area contributed by atoms with Crippen LogP contribution in [0.5, 0.6) is 0 Å². The Kier molecular flexibility index (Phi) is 4.57. The normalized spacial score (nSPS) is 13.9. The molecule has 1 rings (SSSR count). The van der Waals surface area contributed by atoms with E-state index in [0.717, 1.165) is 17.3 Å². The van der Waals surface area contributed by atoms with Gasteiger partial charge >= 0.3 is 0 Å². The second kappa shape index (κ2) is 5.33. The summed E-state index contributed by atoms with van der Waals surface area (Å²) in [4.78, 5) is 0. The first-order valence-corrected chi connectivity index (χ1v) is 6.60. The lowest BCUT2D eigenvalue weighted by atomic mass is 9.87. The van der Waals surface area contributed by atoms with Crippen LogP contribution < -0.4 is 5.73 Å². The molecule has 0 aliphatic heterocycles. The number of aryl methyl sites for hydroxylation is 1. The van der Waals surface area contributed by atoms with E-state index in [-0.39, 0.29) is 6.04 Å². The molecule has 1 aromatic carbocycles. The molecule has 1 atom stereocenters. The highest BCUT2D eigenvalue weighted by molar-refractivity contribution is 9.10. The highest BCUT2D eigenvalue weighted by Crippen LogP contribution is 2.30. The van der Waals surface area contributed by atoms with Crippen molar-refractivity contribution in [2.24, 2.45) is 11.1 Å². The van der Waals surface area contributed by atoms with Crippen LogP contribution in [0.3, 0.4) is 0 Å². The molecule has 16 heavy (non-hydrogen) atoms. The highest BCUT2D eigenvalue weighted by Gasteiger charge is 2.15. The summed E-state index contributed by atoms with van der Waals surface area (Å²) in [5, 5.41) is 0. The molecule has 0 saturated heterocycles. The third kappa shape index (κ3) is 4.26. The monoisotopic (exact) mass is 283 g/mol. The number of benzene rings is 1. The Morgan fingerprint density at radius 2 is 1.94 bits per heavy atom. The summed E-state index contributed by atoms with van der Waals surface area (Å²) in [6.07, 6.45) is 2.18.